The third-order valence-corrected chi connectivity index (χ3v) is 3.54. The van der Waals surface area contributed by atoms with Gasteiger partial charge in [-0.15, -0.1) is 11.3 Å². The number of hydrogen-bond donors (Lipinski definition) is 1. The van der Waals surface area contributed by atoms with Crippen LogP contribution < -0.4 is 11.0 Å². The fraction of sp³-hybridized carbons (Fsp3) is 0.0833. The van der Waals surface area contributed by atoms with Crippen molar-refractivity contribution in [2.75, 3.05) is 0 Å². The molecule has 84 valence electrons. The molecule has 2 aromatic heterocycles. The van der Waals surface area contributed by atoms with Crippen LogP contribution in [0.3, 0.4) is 0 Å². The average molecular weight is 244 g/mol. The molecule has 0 saturated carbocycles. The molecule has 0 aliphatic rings. The lowest BCUT2D eigenvalue weighted by Gasteiger charge is -1.88. The van der Waals surface area contributed by atoms with E-state index in [4.69, 9.17) is 0 Å². The molecule has 0 saturated heterocycles. The molecule has 3 rings (SSSR count). The molecule has 0 aliphatic heterocycles. The van der Waals surface area contributed by atoms with Crippen LogP contribution in [0.25, 0.3) is 21.1 Å². The van der Waals surface area contributed by atoms with Crippen molar-refractivity contribution in [2.24, 2.45) is 0 Å². The van der Waals surface area contributed by atoms with Crippen LogP contribution in [0.1, 0.15) is 5.01 Å². The molecular formula is C12H8N2O2S. The largest absolute Gasteiger partial charge is 0.320 e. The Balaban J connectivity index is 2.76. The van der Waals surface area contributed by atoms with Crippen LogP contribution in [0, 0.1) is 6.92 Å². The number of aryl methyl sites for hydroxylation is 1. The summed E-state index contributed by atoms with van der Waals surface area (Å²) < 4.78 is 0.421. The lowest BCUT2D eigenvalue weighted by Crippen LogP contribution is -2.02. The van der Waals surface area contributed by atoms with E-state index in [9.17, 15) is 9.59 Å². The number of H-pyrrole nitrogens is 1. The van der Waals surface area contributed by atoms with E-state index in [1.54, 1.807) is 31.2 Å². The van der Waals surface area contributed by atoms with E-state index in [0.29, 0.717) is 15.6 Å². The first-order valence-corrected chi connectivity index (χ1v) is 5.91. The number of hydrogen-bond acceptors (Lipinski definition) is 4. The molecule has 0 fully saturated rings. The zero-order chi connectivity index (χ0) is 12.0. The van der Waals surface area contributed by atoms with E-state index < -0.39 is 0 Å². The summed E-state index contributed by atoms with van der Waals surface area (Å²) in [4.78, 5) is 31.0. The molecule has 0 aliphatic carbocycles. The summed E-state index contributed by atoms with van der Waals surface area (Å²) in [6.45, 7) is 1.78. The summed E-state index contributed by atoms with van der Waals surface area (Å²) in [5.41, 5.74) is 0.321. The summed E-state index contributed by atoms with van der Waals surface area (Å²) in [5, 5.41) is 1.24. The third kappa shape index (κ3) is 1.47. The highest BCUT2D eigenvalue weighted by atomic mass is 32.1. The molecule has 0 spiro atoms. The topological polar surface area (TPSA) is 62.8 Å². The Morgan fingerprint density at radius 2 is 2.00 bits per heavy atom. The number of nitrogens with zero attached hydrogens (tertiary/aromatic N) is 1. The number of benzene rings is 1. The van der Waals surface area contributed by atoms with E-state index >= 15 is 0 Å². The van der Waals surface area contributed by atoms with Gasteiger partial charge in [0.05, 0.1) is 10.5 Å². The number of para-hydroxylation sites is 1. The van der Waals surface area contributed by atoms with Crippen LogP contribution in [0.2, 0.25) is 0 Å². The van der Waals surface area contributed by atoms with Crippen LogP contribution in [-0.2, 0) is 0 Å². The zero-order valence-electron chi connectivity index (χ0n) is 8.98. The summed E-state index contributed by atoms with van der Waals surface area (Å²) in [7, 11) is 0. The second-order valence-electron chi connectivity index (χ2n) is 3.74. The van der Waals surface area contributed by atoms with Gasteiger partial charge in [0, 0.05) is 5.39 Å². The molecule has 0 amide bonds. The maximum absolute atomic E-state index is 12.3. The zero-order valence-corrected chi connectivity index (χ0v) is 9.80. The molecule has 0 radical (unpaired) electrons. The third-order valence-electron chi connectivity index (χ3n) is 2.58. The number of rotatable bonds is 0. The Morgan fingerprint density at radius 3 is 2.82 bits per heavy atom. The molecule has 3 aromatic rings. The van der Waals surface area contributed by atoms with E-state index in [2.05, 4.69) is 9.97 Å². The number of nitrogens with one attached hydrogen (secondary N) is 1. The van der Waals surface area contributed by atoms with Crippen molar-refractivity contribution < 1.29 is 0 Å². The number of aromatic nitrogens is 2. The van der Waals surface area contributed by atoms with Gasteiger partial charge in [0.15, 0.2) is 5.52 Å². The monoisotopic (exact) mass is 244 g/mol. The van der Waals surface area contributed by atoms with Gasteiger partial charge in [-0.05, 0) is 19.1 Å². The first-order chi connectivity index (χ1) is 8.16. The first-order valence-electron chi connectivity index (χ1n) is 5.09. The molecule has 5 heteroatoms. The van der Waals surface area contributed by atoms with Crippen LogP contribution >= 0.6 is 11.3 Å². The molecular weight excluding hydrogens is 236 g/mol. The maximum Gasteiger partial charge on any atom is 0.275 e. The molecule has 1 N–H and O–H groups in total. The number of thiazole rings is 1. The Kier molecular flexibility index (Phi) is 2.09. The molecule has 2 heterocycles. The Hall–Kier alpha value is -2.01. The SMILES string of the molecule is Cc1nc2c(=O)[nH]c3ccccc3c(=O)c2s1. The van der Waals surface area contributed by atoms with Crippen molar-refractivity contribution >= 4 is 32.5 Å². The van der Waals surface area contributed by atoms with Crippen molar-refractivity contribution in [3.63, 3.8) is 0 Å². The van der Waals surface area contributed by atoms with Gasteiger partial charge in [-0.2, -0.15) is 0 Å². The summed E-state index contributed by atoms with van der Waals surface area (Å²) in [6, 6.07) is 6.99. The van der Waals surface area contributed by atoms with Crippen molar-refractivity contribution in [1.29, 1.82) is 0 Å². The Labute approximate surface area is 99.6 Å². The van der Waals surface area contributed by atoms with Gasteiger partial charge in [0.2, 0.25) is 5.43 Å². The molecule has 0 unspecified atom stereocenters. The molecule has 0 bridgehead atoms. The van der Waals surface area contributed by atoms with E-state index in [-0.39, 0.29) is 16.5 Å². The average Bonchev–Trinajstić information content (AvgIpc) is 2.67. The fourth-order valence-corrected chi connectivity index (χ4v) is 2.70. The van der Waals surface area contributed by atoms with E-state index in [0.717, 1.165) is 5.01 Å². The van der Waals surface area contributed by atoms with Gasteiger partial charge in [0.1, 0.15) is 4.70 Å². The normalized spacial score (nSPS) is 11.1. The smallest absolute Gasteiger partial charge is 0.275 e. The van der Waals surface area contributed by atoms with E-state index in [1.165, 1.54) is 11.3 Å². The highest BCUT2D eigenvalue weighted by molar-refractivity contribution is 7.18. The predicted octanol–water partition coefficient (Wildman–Crippen LogP) is 1.81. The van der Waals surface area contributed by atoms with Crippen LogP contribution in [0.5, 0.6) is 0 Å². The second-order valence-corrected chi connectivity index (χ2v) is 4.94. The molecule has 1 aromatic carbocycles. The highest BCUT2D eigenvalue weighted by Gasteiger charge is 2.09. The maximum atomic E-state index is 12.3. The number of aromatic amines is 1. The van der Waals surface area contributed by atoms with Crippen molar-refractivity contribution in [3.8, 4) is 0 Å². The first kappa shape index (κ1) is 10.2. The Bertz CT molecular complexity index is 848. The van der Waals surface area contributed by atoms with Crippen LogP contribution in [-0.4, -0.2) is 9.97 Å². The minimum atomic E-state index is -0.317. The van der Waals surface area contributed by atoms with Gasteiger partial charge < -0.3 is 4.98 Å². The molecule has 17 heavy (non-hydrogen) atoms. The van der Waals surface area contributed by atoms with Gasteiger partial charge in [-0.1, -0.05) is 12.1 Å². The van der Waals surface area contributed by atoms with E-state index in [1.807, 2.05) is 0 Å². The van der Waals surface area contributed by atoms with Crippen LogP contribution in [0.15, 0.2) is 33.9 Å². The highest BCUT2D eigenvalue weighted by Crippen LogP contribution is 2.16. The number of fused-ring (bicyclic) bond motifs is 2. The van der Waals surface area contributed by atoms with Crippen molar-refractivity contribution in [1.82, 2.24) is 9.97 Å². The van der Waals surface area contributed by atoms with Crippen molar-refractivity contribution in [3.05, 3.63) is 49.9 Å². The Morgan fingerprint density at radius 1 is 1.24 bits per heavy atom. The fourth-order valence-electron chi connectivity index (χ4n) is 1.83. The van der Waals surface area contributed by atoms with Crippen LogP contribution in [0.4, 0.5) is 0 Å². The summed E-state index contributed by atoms with van der Waals surface area (Å²) in [6.07, 6.45) is 0. The van der Waals surface area contributed by atoms with Gasteiger partial charge in [0.25, 0.3) is 5.56 Å². The second kappa shape index (κ2) is 3.49. The van der Waals surface area contributed by atoms with Gasteiger partial charge in [-0.25, -0.2) is 4.98 Å². The quantitative estimate of drug-likeness (QED) is 0.656. The van der Waals surface area contributed by atoms with Crippen molar-refractivity contribution in [2.45, 2.75) is 6.92 Å². The predicted molar refractivity (Wildman–Crippen MR) is 68.8 cm³/mol. The molecule has 0 atom stereocenters. The van der Waals surface area contributed by atoms with Gasteiger partial charge >= 0.3 is 0 Å². The minimum Gasteiger partial charge on any atom is -0.320 e. The lowest BCUT2D eigenvalue weighted by molar-refractivity contribution is 1.28. The minimum absolute atomic E-state index is 0.139. The van der Waals surface area contributed by atoms with Gasteiger partial charge in [-0.3, -0.25) is 9.59 Å². The standard InChI is InChI=1S/C12H8N2O2S/c1-6-13-9-11(17-6)10(15)7-4-2-3-5-8(7)14-12(9)16/h2-5H,1H3,(H,14,16). The summed E-state index contributed by atoms with van der Waals surface area (Å²) >= 11 is 1.26. The lowest BCUT2D eigenvalue weighted by atomic mass is 10.2. The summed E-state index contributed by atoms with van der Waals surface area (Å²) in [5.74, 6) is 0. The molecule has 4 nitrogen and oxygen atoms in total.